The summed E-state index contributed by atoms with van der Waals surface area (Å²) in [6.07, 6.45) is 0.229. The largest absolute Gasteiger partial charge is 0.465 e. The number of carbonyl (C=O) groups is 3. The van der Waals surface area contributed by atoms with E-state index >= 15 is 0 Å². The maximum atomic E-state index is 13.0. The minimum absolute atomic E-state index is 0.0608. The fraction of sp³-hybridized carbons (Fsp3) is 0.286. The Morgan fingerprint density at radius 3 is 2.71 bits per heavy atom. The highest BCUT2D eigenvalue weighted by Gasteiger charge is 2.29. The predicted octanol–water partition coefficient (Wildman–Crippen LogP) is 2.96. The van der Waals surface area contributed by atoms with Gasteiger partial charge in [0.25, 0.3) is 0 Å². The van der Waals surface area contributed by atoms with E-state index in [2.05, 4.69) is 10.6 Å². The molecule has 0 saturated carbocycles. The Bertz CT molecular complexity index is 926. The third kappa shape index (κ3) is 3.98. The first-order valence-corrected chi connectivity index (χ1v) is 9.04. The van der Waals surface area contributed by atoms with Crippen molar-refractivity contribution in [2.75, 3.05) is 29.2 Å². The van der Waals surface area contributed by atoms with Crippen LogP contribution in [-0.4, -0.2) is 37.5 Å². The van der Waals surface area contributed by atoms with Gasteiger partial charge in [-0.3, -0.25) is 9.59 Å². The summed E-state index contributed by atoms with van der Waals surface area (Å²) in [4.78, 5) is 38.3. The lowest BCUT2D eigenvalue weighted by Gasteiger charge is -2.28. The van der Waals surface area contributed by atoms with Crippen molar-refractivity contribution in [3.05, 3.63) is 53.6 Å². The van der Waals surface area contributed by atoms with Gasteiger partial charge in [0.05, 0.1) is 30.6 Å². The van der Waals surface area contributed by atoms with Gasteiger partial charge in [0.1, 0.15) is 0 Å². The second-order valence-corrected chi connectivity index (χ2v) is 6.76. The Labute approximate surface area is 163 Å². The minimum Gasteiger partial charge on any atom is -0.465 e. The lowest BCUT2D eigenvalue weighted by atomic mass is 10.1. The maximum absolute atomic E-state index is 13.0. The number of aryl methyl sites for hydroxylation is 1. The van der Waals surface area contributed by atoms with Crippen LogP contribution in [0.3, 0.4) is 0 Å². The SMILES string of the molecule is COC(=O)c1ccc(NCC(=O)N2c3ccccc3NC(=O)CC2C)c(C)c1. The predicted molar refractivity (Wildman–Crippen MR) is 108 cm³/mol. The van der Waals surface area contributed by atoms with Crippen molar-refractivity contribution >= 4 is 34.8 Å². The van der Waals surface area contributed by atoms with Crippen molar-refractivity contribution in [1.29, 1.82) is 0 Å². The molecule has 1 aliphatic rings. The molecule has 2 aromatic carbocycles. The third-order valence-electron chi connectivity index (χ3n) is 4.71. The second kappa shape index (κ2) is 8.12. The Balaban J connectivity index is 1.78. The Hall–Kier alpha value is -3.35. The summed E-state index contributed by atoms with van der Waals surface area (Å²) in [7, 11) is 1.34. The molecule has 1 heterocycles. The van der Waals surface area contributed by atoms with Gasteiger partial charge in [-0.25, -0.2) is 4.79 Å². The highest BCUT2D eigenvalue weighted by Crippen LogP contribution is 2.31. The van der Waals surface area contributed by atoms with Crippen LogP contribution >= 0.6 is 0 Å². The van der Waals surface area contributed by atoms with Crippen LogP contribution in [0.25, 0.3) is 0 Å². The molecule has 0 radical (unpaired) electrons. The van der Waals surface area contributed by atoms with Crippen molar-refractivity contribution in [3.8, 4) is 0 Å². The molecule has 0 fully saturated rings. The number of para-hydroxylation sites is 2. The number of anilines is 3. The van der Waals surface area contributed by atoms with E-state index in [1.165, 1.54) is 7.11 Å². The summed E-state index contributed by atoms with van der Waals surface area (Å²) in [5.74, 6) is -0.664. The molecule has 2 amide bonds. The molecule has 0 bridgehead atoms. The highest BCUT2D eigenvalue weighted by atomic mass is 16.5. The van der Waals surface area contributed by atoms with Gasteiger partial charge in [0.15, 0.2) is 0 Å². The number of rotatable bonds is 4. The van der Waals surface area contributed by atoms with Crippen molar-refractivity contribution in [3.63, 3.8) is 0 Å². The van der Waals surface area contributed by atoms with Gasteiger partial charge in [-0.15, -0.1) is 0 Å². The summed E-state index contributed by atoms with van der Waals surface area (Å²) < 4.78 is 4.72. The number of nitrogens with zero attached hydrogens (tertiary/aromatic N) is 1. The topological polar surface area (TPSA) is 87.7 Å². The lowest BCUT2D eigenvalue weighted by Crippen LogP contribution is -2.42. The molecule has 1 aliphatic heterocycles. The van der Waals surface area contributed by atoms with Crippen molar-refractivity contribution in [2.24, 2.45) is 0 Å². The lowest BCUT2D eigenvalue weighted by molar-refractivity contribution is -0.118. The molecule has 7 nitrogen and oxygen atoms in total. The van der Waals surface area contributed by atoms with E-state index in [4.69, 9.17) is 4.74 Å². The Kier molecular flexibility index (Phi) is 5.63. The van der Waals surface area contributed by atoms with Crippen LogP contribution in [0, 0.1) is 6.92 Å². The van der Waals surface area contributed by atoms with Gasteiger partial charge >= 0.3 is 5.97 Å². The van der Waals surface area contributed by atoms with E-state index in [0.29, 0.717) is 16.9 Å². The molecule has 0 saturated heterocycles. The third-order valence-corrected chi connectivity index (χ3v) is 4.71. The first kappa shape index (κ1) is 19.4. The average molecular weight is 381 g/mol. The molecule has 0 aromatic heterocycles. The number of esters is 1. The summed E-state index contributed by atoms with van der Waals surface area (Å²) in [6, 6.07) is 12.1. The first-order valence-electron chi connectivity index (χ1n) is 9.04. The molecule has 0 aliphatic carbocycles. The van der Waals surface area contributed by atoms with E-state index in [1.54, 1.807) is 29.2 Å². The fourth-order valence-electron chi connectivity index (χ4n) is 3.33. The van der Waals surface area contributed by atoms with Crippen molar-refractivity contribution in [1.82, 2.24) is 0 Å². The van der Waals surface area contributed by atoms with Crippen LogP contribution < -0.4 is 15.5 Å². The van der Waals surface area contributed by atoms with E-state index < -0.39 is 5.97 Å². The number of hydrogen-bond acceptors (Lipinski definition) is 5. The molecule has 28 heavy (non-hydrogen) atoms. The van der Waals surface area contributed by atoms with Gasteiger partial charge in [0, 0.05) is 18.2 Å². The molecule has 1 unspecified atom stereocenters. The number of hydrogen-bond donors (Lipinski definition) is 2. The molecule has 2 N–H and O–H groups in total. The summed E-state index contributed by atoms with van der Waals surface area (Å²) in [5.41, 5.74) is 3.36. The van der Waals surface area contributed by atoms with E-state index in [0.717, 1.165) is 11.3 Å². The zero-order valence-corrected chi connectivity index (χ0v) is 16.1. The molecule has 7 heteroatoms. The first-order chi connectivity index (χ1) is 13.4. The number of ether oxygens (including phenoxy) is 1. The molecule has 2 aromatic rings. The smallest absolute Gasteiger partial charge is 0.337 e. The van der Waals surface area contributed by atoms with Crippen LogP contribution in [0.5, 0.6) is 0 Å². The normalized spacial score (nSPS) is 15.9. The molecule has 1 atom stereocenters. The van der Waals surface area contributed by atoms with E-state index in [-0.39, 0.29) is 30.8 Å². The number of nitrogens with one attached hydrogen (secondary N) is 2. The van der Waals surface area contributed by atoms with Crippen LogP contribution in [0.15, 0.2) is 42.5 Å². The molecule has 0 spiro atoms. The van der Waals surface area contributed by atoms with Crippen molar-refractivity contribution < 1.29 is 19.1 Å². The van der Waals surface area contributed by atoms with E-state index in [1.807, 2.05) is 32.0 Å². The van der Waals surface area contributed by atoms with Crippen LogP contribution in [-0.2, 0) is 14.3 Å². The van der Waals surface area contributed by atoms with E-state index in [9.17, 15) is 14.4 Å². The van der Waals surface area contributed by atoms with Gasteiger partial charge in [-0.2, -0.15) is 0 Å². The Morgan fingerprint density at radius 2 is 2.00 bits per heavy atom. The molecule has 3 rings (SSSR count). The number of fused-ring (bicyclic) bond motifs is 1. The number of methoxy groups -OCH3 is 1. The molecular weight excluding hydrogens is 358 g/mol. The number of carbonyl (C=O) groups excluding carboxylic acids is 3. The Morgan fingerprint density at radius 1 is 1.25 bits per heavy atom. The van der Waals surface area contributed by atoms with Crippen LogP contribution in [0.4, 0.5) is 17.1 Å². The van der Waals surface area contributed by atoms with Crippen LogP contribution in [0.2, 0.25) is 0 Å². The highest BCUT2D eigenvalue weighted by molar-refractivity contribution is 6.05. The number of benzene rings is 2. The standard InChI is InChI=1S/C21H23N3O4/c1-13-10-15(21(27)28-3)8-9-16(13)22-12-20(26)24-14(2)11-19(25)23-17-6-4-5-7-18(17)24/h4-10,14,22H,11-12H2,1-3H3,(H,23,25). The average Bonchev–Trinajstić information content (AvgIpc) is 2.80. The minimum atomic E-state index is -0.405. The quantitative estimate of drug-likeness (QED) is 0.795. The van der Waals surface area contributed by atoms with Crippen LogP contribution in [0.1, 0.15) is 29.3 Å². The summed E-state index contributed by atoms with van der Waals surface area (Å²) in [6.45, 7) is 3.77. The second-order valence-electron chi connectivity index (χ2n) is 6.76. The summed E-state index contributed by atoms with van der Waals surface area (Å²) in [5, 5.41) is 5.97. The van der Waals surface area contributed by atoms with Crippen molar-refractivity contribution in [2.45, 2.75) is 26.3 Å². The summed E-state index contributed by atoms with van der Waals surface area (Å²) >= 11 is 0. The zero-order valence-electron chi connectivity index (χ0n) is 16.1. The van der Waals surface area contributed by atoms with Gasteiger partial charge in [-0.05, 0) is 49.7 Å². The monoisotopic (exact) mass is 381 g/mol. The maximum Gasteiger partial charge on any atom is 0.337 e. The van der Waals surface area contributed by atoms with Gasteiger partial charge in [-0.1, -0.05) is 12.1 Å². The molecule has 146 valence electrons. The van der Waals surface area contributed by atoms with Gasteiger partial charge < -0.3 is 20.3 Å². The zero-order chi connectivity index (χ0) is 20.3. The molecular formula is C21H23N3O4. The fourth-order valence-corrected chi connectivity index (χ4v) is 3.33. The number of amides is 2. The van der Waals surface area contributed by atoms with Gasteiger partial charge in [0.2, 0.25) is 11.8 Å².